The summed E-state index contributed by atoms with van der Waals surface area (Å²) in [5, 5.41) is 0. The van der Waals surface area contributed by atoms with Crippen molar-refractivity contribution in [2.24, 2.45) is 5.73 Å². The highest BCUT2D eigenvalue weighted by Crippen LogP contribution is 2.34. The van der Waals surface area contributed by atoms with Gasteiger partial charge in [-0.15, -0.1) is 0 Å². The number of primary amides is 1. The lowest BCUT2D eigenvalue weighted by Gasteiger charge is -2.38. The minimum Gasteiger partial charge on any atom is -0.366 e. The molecule has 1 aliphatic heterocycles. The molecule has 2 heterocycles. The number of hydrogen-bond donors (Lipinski definition) is 2. The molecule has 3 N–H and O–H groups in total. The Labute approximate surface area is 130 Å². The molecule has 1 amide bonds. The van der Waals surface area contributed by atoms with Crippen LogP contribution in [0, 0.1) is 0 Å². The average molecular weight is 300 g/mol. The molecular formula is C17H24N4O. The normalized spacial score (nSPS) is 18.6. The van der Waals surface area contributed by atoms with Crippen LogP contribution in [0.5, 0.6) is 0 Å². The van der Waals surface area contributed by atoms with E-state index in [4.69, 9.17) is 10.7 Å². The van der Waals surface area contributed by atoms with Gasteiger partial charge in [0.2, 0.25) is 0 Å². The van der Waals surface area contributed by atoms with Crippen LogP contribution >= 0.6 is 0 Å². The highest BCUT2D eigenvalue weighted by Gasteiger charge is 2.34. The Balaban J connectivity index is 1.90. The quantitative estimate of drug-likeness (QED) is 0.910. The van der Waals surface area contributed by atoms with Gasteiger partial charge in [-0.2, -0.15) is 0 Å². The number of benzene rings is 1. The van der Waals surface area contributed by atoms with Crippen LogP contribution in [0.15, 0.2) is 18.2 Å². The van der Waals surface area contributed by atoms with E-state index in [0.29, 0.717) is 11.1 Å². The molecule has 1 aromatic heterocycles. The zero-order valence-corrected chi connectivity index (χ0v) is 13.4. The zero-order chi connectivity index (χ0) is 15.7. The molecule has 0 aliphatic carbocycles. The molecule has 1 saturated heterocycles. The summed E-state index contributed by atoms with van der Waals surface area (Å²) in [6, 6.07) is 5.53. The van der Waals surface area contributed by atoms with E-state index >= 15 is 0 Å². The molecule has 0 atom stereocenters. The number of nitrogens with zero attached hydrogens (tertiary/aromatic N) is 2. The number of aromatic nitrogens is 2. The van der Waals surface area contributed by atoms with E-state index in [0.717, 1.165) is 37.3 Å². The number of nitrogens with two attached hydrogens (primary N) is 1. The van der Waals surface area contributed by atoms with Gasteiger partial charge in [-0.25, -0.2) is 4.98 Å². The Kier molecular flexibility index (Phi) is 3.91. The number of nitrogens with one attached hydrogen (secondary N) is 1. The van der Waals surface area contributed by atoms with Crippen LogP contribution in [0.25, 0.3) is 11.0 Å². The fourth-order valence-corrected chi connectivity index (χ4v) is 3.34. The third-order valence-corrected chi connectivity index (χ3v) is 4.85. The Morgan fingerprint density at radius 3 is 2.77 bits per heavy atom. The number of imidazole rings is 1. The van der Waals surface area contributed by atoms with Crippen molar-refractivity contribution in [1.82, 2.24) is 14.9 Å². The molecule has 0 saturated carbocycles. The summed E-state index contributed by atoms with van der Waals surface area (Å²) < 4.78 is 0. The Morgan fingerprint density at radius 2 is 2.14 bits per heavy atom. The Morgan fingerprint density at radius 1 is 1.41 bits per heavy atom. The molecule has 1 fully saturated rings. The summed E-state index contributed by atoms with van der Waals surface area (Å²) in [5.41, 5.74) is 7.57. The maximum Gasteiger partial charge on any atom is 0.250 e. The van der Waals surface area contributed by atoms with Crippen molar-refractivity contribution in [3.05, 3.63) is 29.6 Å². The summed E-state index contributed by atoms with van der Waals surface area (Å²) in [5.74, 6) is 0.555. The zero-order valence-electron chi connectivity index (χ0n) is 13.4. The number of rotatable bonds is 4. The molecule has 1 aromatic carbocycles. The summed E-state index contributed by atoms with van der Waals surface area (Å²) in [7, 11) is 0. The van der Waals surface area contributed by atoms with Gasteiger partial charge in [-0.05, 0) is 51.0 Å². The molecule has 1 aliphatic rings. The average Bonchev–Trinajstić information content (AvgIpc) is 2.94. The second-order valence-corrected chi connectivity index (χ2v) is 6.55. The number of fused-ring (bicyclic) bond motifs is 1. The minimum atomic E-state index is -0.424. The lowest BCUT2D eigenvalue weighted by Crippen LogP contribution is -2.41. The van der Waals surface area contributed by atoms with E-state index in [9.17, 15) is 4.79 Å². The maximum absolute atomic E-state index is 11.6. The van der Waals surface area contributed by atoms with Gasteiger partial charge in [0.05, 0.1) is 11.1 Å². The highest BCUT2D eigenvalue weighted by molar-refractivity contribution is 6.04. The largest absolute Gasteiger partial charge is 0.366 e. The number of hydrogen-bond acceptors (Lipinski definition) is 3. The molecule has 5 nitrogen and oxygen atoms in total. The number of para-hydroxylation sites is 1. The number of H-pyrrole nitrogens is 1. The number of likely N-dealkylation sites (tertiary alicyclic amines) is 1. The van der Waals surface area contributed by atoms with Gasteiger partial charge in [0.15, 0.2) is 0 Å². The standard InChI is InChI=1S/C17H24N4O/c1-3-9-21-10-7-17(2,8-11-21)16-19-13-6-4-5-12(15(18)22)14(13)20-16/h4-6H,3,7-11H2,1-2H3,(H2,18,22)(H,19,20). The maximum atomic E-state index is 11.6. The summed E-state index contributed by atoms with van der Waals surface area (Å²) >= 11 is 0. The monoisotopic (exact) mass is 300 g/mol. The van der Waals surface area contributed by atoms with Crippen LogP contribution in [0.3, 0.4) is 0 Å². The van der Waals surface area contributed by atoms with Gasteiger partial charge in [-0.3, -0.25) is 4.79 Å². The predicted octanol–water partition coefficient (Wildman–Crippen LogP) is 2.43. The van der Waals surface area contributed by atoms with E-state index in [-0.39, 0.29) is 5.41 Å². The van der Waals surface area contributed by atoms with Crippen LogP contribution in [0.2, 0.25) is 0 Å². The first-order chi connectivity index (χ1) is 10.5. The van der Waals surface area contributed by atoms with Gasteiger partial charge >= 0.3 is 0 Å². The second kappa shape index (κ2) is 5.72. The number of carbonyl (C=O) groups is 1. The third-order valence-electron chi connectivity index (χ3n) is 4.85. The van der Waals surface area contributed by atoms with Crippen molar-refractivity contribution in [1.29, 1.82) is 0 Å². The SMILES string of the molecule is CCCN1CCC(C)(c2nc3c(C(N)=O)cccc3[nH]2)CC1. The van der Waals surface area contributed by atoms with Crippen molar-refractivity contribution < 1.29 is 4.79 Å². The van der Waals surface area contributed by atoms with E-state index in [1.165, 1.54) is 13.0 Å². The molecule has 0 bridgehead atoms. The van der Waals surface area contributed by atoms with Crippen molar-refractivity contribution in [2.45, 2.75) is 38.5 Å². The molecule has 0 unspecified atom stereocenters. The predicted molar refractivity (Wildman–Crippen MR) is 87.9 cm³/mol. The first-order valence-electron chi connectivity index (χ1n) is 8.05. The van der Waals surface area contributed by atoms with E-state index in [1.54, 1.807) is 6.07 Å². The van der Waals surface area contributed by atoms with E-state index in [1.807, 2.05) is 12.1 Å². The van der Waals surface area contributed by atoms with Gasteiger partial charge < -0.3 is 15.6 Å². The fourth-order valence-electron chi connectivity index (χ4n) is 3.34. The van der Waals surface area contributed by atoms with Crippen molar-refractivity contribution in [3.8, 4) is 0 Å². The molecule has 3 rings (SSSR count). The van der Waals surface area contributed by atoms with Crippen molar-refractivity contribution in [3.63, 3.8) is 0 Å². The van der Waals surface area contributed by atoms with Crippen LogP contribution in [0.4, 0.5) is 0 Å². The molecule has 2 aromatic rings. The first kappa shape index (κ1) is 15.0. The second-order valence-electron chi connectivity index (χ2n) is 6.55. The van der Waals surface area contributed by atoms with E-state index < -0.39 is 5.91 Å². The van der Waals surface area contributed by atoms with Crippen LogP contribution in [0.1, 0.15) is 49.3 Å². The molecule has 0 radical (unpaired) electrons. The molecule has 118 valence electrons. The molecule has 5 heteroatoms. The van der Waals surface area contributed by atoms with Gasteiger partial charge in [0, 0.05) is 5.41 Å². The summed E-state index contributed by atoms with van der Waals surface area (Å²) in [4.78, 5) is 22.2. The lowest BCUT2D eigenvalue weighted by atomic mass is 9.79. The number of amides is 1. The Bertz CT molecular complexity index is 683. The van der Waals surface area contributed by atoms with Gasteiger partial charge in [0.1, 0.15) is 11.3 Å². The summed E-state index contributed by atoms with van der Waals surface area (Å²) in [6.07, 6.45) is 3.36. The lowest BCUT2D eigenvalue weighted by molar-refractivity contribution is 0.100. The smallest absolute Gasteiger partial charge is 0.250 e. The fraction of sp³-hybridized carbons (Fsp3) is 0.529. The number of carbonyl (C=O) groups excluding carboxylic acids is 1. The van der Waals surface area contributed by atoms with Gasteiger partial charge in [-0.1, -0.05) is 19.9 Å². The van der Waals surface area contributed by atoms with Crippen LogP contribution < -0.4 is 5.73 Å². The third kappa shape index (κ3) is 2.61. The van der Waals surface area contributed by atoms with Crippen LogP contribution in [-0.4, -0.2) is 40.4 Å². The van der Waals surface area contributed by atoms with Gasteiger partial charge in [0.25, 0.3) is 5.91 Å². The molecular weight excluding hydrogens is 276 g/mol. The first-order valence-corrected chi connectivity index (χ1v) is 8.05. The minimum absolute atomic E-state index is 0.0399. The molecule has 22 heavy (non-hydrogen) atoms. The Hall–Kier alpha value is -1.88. The number of piperidine rings is 1. The highest BCUT2D eigenvalue weighted by atomic mass is 16.1. The van der Waals surface area contributed by atoms with Crippen LogP contribution in [-0.2, 0) is 5.41 Å². The van der Waals surface area contributed by atoms with E-state index in [2.05, 4.69) is 23.7 Å². The number of aromatic amines is 1. The van der Waals surface area contributed by atoms with Crippen molar-refractivity contribution in [2.75, 3.05) is 19.6 Å². The summed E-state index contributed by atoms with van der Waals surface area (Å²) in [6.45, 7) is 7.85. The van der Waals surface area contributed by atoms with Crippen molar-refractivity contribution >= 4 is 16.9 Å². The topological polar surface area (TPSA) is 75.0 Å². The molecule has 0 spiro atoms.